The number of aryl methyl sites for hydroxylation is 1. The maximum Gasteiger partial charge on any atom is 0.337 e. The van der Waals surface area contributed by atoms with E-state index >= 15 is 0 Å². The standard InChI is InChI=1S/C12H12ClN3O2S/c1-6-5-15-11(19-6)7(2)16-10-9(13)8(12(17)18)3-4-14-10/h3-5,7H,1-2H3,(H,14,16)(H,17,18). The van der Waals surface area contributed by atoms with Crippen molar-refractivity contribution in [3.63, 3.8) is 0 Å². The summed E-state index contributed by atoms with van der Waals surface area (Å²) in [5.74, 6) is -0.727. The summed E-state index contributed by atoms with van der Waals surface area (Å²) >= 11 is 7.59. The molecule has 5 nitrogen and oxygen atoms in total. The van der Waals surface area contributed by atoms with Gasteiger partial charge in [-0.3, -0.25) is 0 Å². The van der Waals surface area contributed by atoms with Crippen LogP contribution in [0, 0.1) is 6.92 Å². The number of halogens is 1. The van der Waals surface area contributed by atoms with Crippen molar-refractivity contribution < 1.29 is 9.90 Å². The Hall–Kier alpha value is -1.66. The summed E-state index contributed by atoms with van der Waals surface area (Å²) in [6.45, 7) is 3.90. The molecule has 0 bridgehead atoms. The number of hydrogen-bond donors (Lipinski definition) is 2. The topological polar surface area (TPSA) is 75.1 Å². The first-order chi connectivity index (χ1) is 8.99. The van der Waals surface area contributed by atoms with E-state index in [9.17, 15) is 4.79 Å². The van der Waals surface area contributed by atoms with Gasteiger partial charge in [-0.1, -0.05) is 11.6 Å². The summed E-state index contributed by atoms with van der Waals surface area (Å²) < 4.78 is 0. The van der Waals surface area contributed by atoms with Crippen LogP contribution in [0.15, 0.2) is 18.5 Å². The summed E-state index contributed by atoms with van der Waals surface area (Å²) in [7, 11) is 0. The predicted octanol–water partition coefficient (Wildman–Crippen LogP) is 3.37. The second-order valence-electron chi connectivity index (χ2n) is 4.00. The highest BCUT2D eigenvalue weighted by Gasteiger charge is 2.16. The number of aromatic carboxylic acids is 1. The Morgan fingerprint density at radius 1 is 1.53 bits per heavy atom. The van der Waals surface area contributed by atoms with Gasteiger partial charge >= 0.3 is 5.97 Å². The molecule has 0 saturated carbocycles. The largest absolute Gasteiger partial charge is 0.478 e. The lowest BCUT2D eigenvalue weighted by atomic mass is 10.2. The average Bonchev–Trinajstić information content (AvgIpc) is 2.78. The molecule has 0 aliphatic carbocycles. The van der Waals surface area contributed by atoms with E-state index in [-0.39, 0.29) is 16.6 Å². The maximum absolute atomic E-state index is 11.0. The molecule has 1 unspecified atom stereocenters. The summed E-state index contributed by atoms with van der Waals surface area (Å²) in [5, 5.41) is 13.1. The summed E-state index contributed by atoms with van der Waals surface area (Å²) in [6, 6.07) is 1.28. The van der Waals surface area contributed by atoms with Crippen molar-refractivity contribution >= 4 is 34.7 Å². The minimum Gasteiger partial charge on any atom is -0.478 e. The zero-order chi connectivity index (χ0) is 14.0. The van der Waals surface area contributed by atoms with Crippen molar-refractivity contribution in [1.82, 2.24) is 9.97 Å². The highest BCUT2D eigenvalue weighted by molar-refractivity contribution is 7.11. The lowest BCUT2D eigenvalue weighted by molar-refractivity contribution is 0.0697. The quantitative estimate of drug-likeness (QED) is 0.905. The zero-order valence-electron chi connectivity index (χ0n) is 10.3. The Bertz CT molecular complexity index is 615. The minimum absolute atomic E-state index is 0.0293. The number of thiazole rings is 1. The van der Waals surface area contributed by atoms with Gasteiger partial charge in [0.05, 0.1) is 16.6 Å². The van der Waals surface area contributed by atoms with Crippen LogP contribution < -0.4 is 5.32 Å². The molecule has 7 heteroatoms. The fourth-order valence-corrected chi connectivity index (χ4v) is 2.57. The molecule has 100 valence electrons. The molecular weight excluding hydrogens is 286 g/mol. The van der Waals surface area contributed by atoms with Crippen LogP contribution in [0.25, 0.3) is 0 Å². The molecule has 2 heterocycles. The molecular formula is C12H12ClN3O2S. The maximum atomic E-state index is 11.0. The number of pyridine rings is 1. The molecule has 19 heavy (non-hydrogen) atoms. The highest BCUT2D eigenvalue weighted by atomic mass is 35.5. The van der Waals surface area contributed by atoms with Crippen LogP contribution in [-0.4, -0.2) is 21.0 Å². The summed E-state index contributed by atoms with van der Waals surface area (Å²) in [6.07, 6.45) is 3.21. The monoisotopic (exact) mass is 297 g/mol. The van der Waals surface area contributed by atoms with Gasteiger partial charge in [0, 0.05) is 17.3 Å². The predicted molar refractivity (Wildman–Crippen MR) is 75.1 cm³/mol. The third-order valence-electron chi connectivity index (χ3n) is 2.48. The first-order valence-corrected chi connectivity index (χ1v) is 6.75. The lowest BCUT2D eigenvalue weighted by Gasteiger charge is -2.13. The normalized spacial score (nSPS) is 12.2. The Morgan fingerprint density at radius 2 is 2.26 bits per heavy atom. The van der Waals surface area contributed by atoms with Crippen molar-refractivity contribution in [2.45, 2.75) is 19.9 Å². The molecule has 0 aliphatic rings. The van der Waals surface area contributed by atoms with Crippen molar-refractivity contribution in [1.29, 1.82) is 0 Å². The van der Waals surface area contributed by atoms with E-state index in [4.69, 9.17) is 16.7 Å². The second-order valence-corrected chi connectivity index (χ2v) is 5.65. The molecule has 2 N–H and O–H groups in total. The van der Waals surface area contributed by atoms with Crippen molar-refractivity contribution in [2.24, 2.45) is 0 Å². The molecule has 2 rings (SSSR count). The SMILES string of the molecule is Cc1cnc(C(C)Nc2nccc(C(=O)O)c2Cl)s1. The number of nitrogens with one attached hydrogen (secondary N) is 1. The Balaban J connectivity index is 2.24. The fraction of sp³-hybridized carbons (Fsp3) is 0.250. The third kappa shape index (κ3) is 3.02. The summed E-state index contributed by atoms with van der Waals surface area (Å²) in [5.41, 5.74) is 0.0293. The van der Waals surface area contributed by atoms with Crippen LogP contribution in [0.3, 0.4) is 0 Å². The number of carboxylic acid groups (broad SMARTS) is 1. The van der Waals surface area contributed by atoms with Gasteiger partial charge in [-0.2, -0.15) is 0 Å². The lowest BCUT2D eigenvalue weighted by Crippen LogP contribution is -2.09. The Morgan fingerprint density at radius 3 is 2.84 bits per heavy atom. The van der Waals surface area contributed by atoms with Crippen molar-refractivity contribution in [3.8, 4) is 0 Å². The van der Waals surface area contributed by atoms with Crippen molar-refractivity contribution in [3.05, 3.63) is 38.9 Å². The number of anilines is 1. The van der Waals surface area contributed by atoms with Crippen LogP contribution >= 0.6 is 22.9 Å². The molecule has 1 atom stereocenters. The first-order valence-electron chi connectivity index (χ1n) is 5.55. The van der Waals surface area contributed by atoms with E-state index < -0.39 is 5.97 Å². The van der Waals surface area contributed by atoms with Gasteiger partial charge in [-0.05, 0) is 19.9 Å². The van der Waals surface area contributed by atoms with E-state index in [2.05, 4.69) is 15.3 Å². The highest BCUT2D eigenvalue weighted by Crippen LogP contribution is 2.28. The van der Waals surface area contributed by atoms with Crippen LogP contribution in [0.2, 0.25) is 5.02 Å². The number of carboxylic acids is 1. The smallest absolute Gasteiger partial charge is 0.337 e. The van der Waals surface area contributed by atoms with Crippen LogP contribution in [0.5, 0.6) is 0 Å². The number of hydrogen-bond acceptors (Lipinski definition) is 5. The van der Waals surface area contributed by atoms with Gasteiger partial charge in [0.15, 0.2) is 0 Å². The van der Waals surface area contributed by atoms with Crippen molar-refractivity contribution in [2.75, 3.05) is 5.32 Å². The molecule has 0 amide bonds. The third-order valence-corrected chi connectivity index (χ3v) is 3.96. The number of rotatable bonds is 4. The minimum atomic E-state index is -1.08. The summed E-state index contributed by atoms with van der Waals surface area (Å²) in [4.78, 5) is 20.4. The Kier molecular flexibility index (Phi) is 4.01. The van der Waals surface area contributed by atoms with Gasteiger partial charge in [-0.25, -0.2) is 14.8 Å². The second kappa shape index (κ2) is 5.54. The van der Waals surface area contributed by atoms with Gasteiger partial charge in [0.25, 0.3) is 0 Å². The molecule has 2 aromatic heterocycles. The van der Waals surface area contributed by atoms with E-state index in [1.807, 2.05) is 13.8 Å². The van der Waals surface area contributed by atoms with Gasteiger partial charge in [0.2, 0.25) is 0 Å². The van der Waals surface area contributed by atoms with Crippen LogP contribution in [0.1, 0.15) is 33.2 Å². The van der Waals surface area contributed by atoms with E-state index in [0.29, 0.717) is 5.82 Å². The van der Waals surface area contributed by atoms with E-state index in [1.165, 1.54) is 12.3 Å². The molecule has 0 aliphatic heterocycles. The van der Waals surface area contributed by atoms with Gasteiger partial charge in [0.1, 0.15) is 10.8 Å². The number of aromatic nitrogens is 2. The fourth-order valence-electron chi connectivity index (χ4n) is 1.55. The zero-order valence-corrected chi connectivity index (χ0v) is 11.9. The molecule has 2 aromatic rings. The molecule has 0 saturated heterocycles. The molecule has 0 spiro atoms. The molecule has 0 fully saturated rings. The Labute approximate surface area is 119 Å². The number of carbonyl (C=O) groups is 1. The average molecular weight is 298 g/mol. The van der Waals surface area contributed by atoms with Gasteiger partial charge < -0.3 is 10.4 Å². The molecule has 0 aromatic carbocycles. The van der Waals surface area contributed by atoms with Gasteiger partial charge in [-0.15, -0.1) is 11.3 Å². The first kappa shape index (κ1) is 13.8. The number of nitrogens with zero attached hydrogens (tertiary/aromatic N) is 2. The van der Waals surface area contributed by atoms with Crippen LogP contribution in [-0.2, 0) is 0 Å². The van der Waals surface area contributed by atoms with E-state index in [1.54, 1.807) is 17.5 Å². The van der Waals surface area contributed by atoms with E-state index in [0.717, 1.165) is 9.88 Å². The van der Waals surface area contributed by atoms with Crippen LogP contribution in [0.4, 0.5) is 5.82 Å². The molecule has 0 radical (unpaired) electrons.